The van der Waals surface area contributed by atoms with Gasteiger partial charge in [0.2, 0.25) is 5.13 Å². The molecule has 0 saturated carbocycles. The number of benzene rings is 1. The fraction of sp³-hybridized carbons (Fsp3) is 0.333. The van der Waals surface area contributed by atoms with Gasteiger partial charge in [-0.05, 0) is 49.2 Å². The zero-order chi connectivity index (χ0) is 15.4. The summed E-state index contributed by atoms with van der Waals surface area (Å²) in [5.74, 6) is 0.256. The van der Waals surface area contributed by atoms with Crippen LogP contribution in [0.15, 0.2) is 28.7 Å². The SMILES string of the molecule is Nc1csc(NN=Cc2ccc(F)cc2CN2CCCC2)n1. The number of rotatable bonds is 5. The molecular weight excluding hydrogens is 301 g/mol. The molecule has 0 amide bonds. The van der Waals surface area contributed by atoms with Crippen molar-refractivity contribution in [2.75, 3.05) is 24.2 Å². The number of nitrogens with zero attached hydrogens (tertiary/aromatic N) is 3. The summed E-state index contributed by atoms with van der Waals surface area (Å²) in [6.45, 7) is 2.90. The Balaban J connectivity index is 1.71. The Bertz CT molecular complexity index is 664. The highest BCUT2D eigenvalue weighted by Gasteiger charge is 2.13. The van der Waals surface area contributed by atoms with Crippen LogP contribution in [0.2, 0.25) is 0 Å². The van der Waals surface area contributed by atoms with Crippen molar-refractivity contribution in [3.8, 4) is 0 Å². The van der Waals surface area contributed by atoms with Gasteiger partial charge in [-0.25, -0.2) is 9.37 Å². The Morgan fingerprint density at radius 2 is 2.23 bits per heavy atom. The molecule has 1 saturated heterocycles. The van der Waals surface area contributed by atoms with E-state index in [0.717, 1.165) is 30.8 Å². The van der Waals surface area contributed by atoms with Crippen LogP contribution in [0.1, 0.15) is 24.0 Å². The number of likely N-dealkylation sites (tertiary alicyclic amines) is 1. The summed E-state index contributed by atoms with van der Waals surface area (Å²) in [5, 5.41) is 6.55. The van der Waals surface area contributed by atoms with Crippen LogP contribution < -0.4 is 11.2 Å². The predicted molar refractivity (Wildman–Crippen MR) is 88.7 cm³/mol. The quantitative estimate of drug-likeness (QED) is 0.657. The molecule has 3 rings (SSSR count). The topological polar surface area (TPSA) is 66.5 Å². The summed E-state index contributed by atoms with van der Waals surface area (Å²) in [6, 6.07) is 4.79. The van der Waals surface area contributed by atoms with Gasteiger partial charge in [-0.15, -0.1) is 11.3 Å². The van der Waals surface area contributed by atoms with Crippen molar-refractivity contribution in [2.45, 2.75) is 19.4 Å². The van der Waals surface area contributed by atoms with Gasteiger partial charge in [-0.3, -0.25) is 10.3 Å². The van der Waals surface area contributed by atoms with Crippen molar-refractivity contribution in [1.29, 1.82) is 0 Å². The van der Waals surface area contributed by atoms with Crippen LogP contribution in [0, 0.1) is 5.82 Å². The molecule has 7 heteroatoms. The minimum absolute atomic E-state index is 0.216. The van der Waals surface area contributed by atoms with Gasteiger partial charge in [0.25, 0.3) is 0 Å². The number of nitrogens with one attached hydrogen (secondary N) is 1. The second-order valence-electron chi connectivity index (χ2n) is 5.27. The van der Waals surface area contributed by atoms with Crippen molar-refractivity contribution in [2.24, 2.45) is 5.10 Å². The van der Waals surface area contributed by atoms with E-state index in [-0.39, 0.29) is 5.82 Å². The summed E-state index contributed by atoms with van der Waals surface area (Å²) in [7, 11) is 0. The summed E-state index contributed by atoms with van der Waals surface area (Å²) >= 11 is 1.39. The number of hydrogen-bond donors (Lipinski definition) is 2. The first-order chi connectivity index (χ1) is 10.7. The summed E-state index contributed by atoms with van der Waals surface area (Å²) in [5.41, 5.74) is 10.3. The highest BCUT2D eigenvalue weighted by molar-refractivity contribution is 7.14. The molecule has 0 bridgehead atoms. The van der Waals surface area contributed by atoms with Crippen molar-refractivity contribution in [1.82, 2.24) is 9.88 Å². The van der Waals surface area contributed by atoms with Crippen LogP contribution in [0.5, 0.6) is 0 Å². The van der Waals surface area contributed by atoms with E-state index < -0.39 is 0 Å². The lowest BCUT2D eigenvalue weighted by Gasteiger charge is -2.16. The number of nitrogen functional groups attached to an aromatic ring is 1. The van der Waals surface area contributed by atoms with Crippen LogP contribution in [-0.2, 0) is 6.54 Å². The molecule has 1 aromatic heterocycles. The third-order valence-electron chi connectivity index (χ3n) is 3.58. The first-order valence-electron chi connectivity index (χ1n) is 7.21. The molecule has 0 unspecified atom stereocenters. The van der Waals surface area contributed by atoms with E-state index in [9.17, 15) is 4.39 Å². The smallest absolute Gasteiger partial charge is 0.205 e. The Labute approximate surface area is 132 Å². The Hall–Kier alpha value is -1.99. The van der Waals surface area contributed by atoms with Crippen molar-refractivity contribution >= 4 is 28.5 Å². The Morgan fingerprint density at radius 3 is 2.95 bits per heavy atom. The third-order valence-corrected chi connectivity index (χ3v) is 4.35. The summed E-state index contributed by atoms with van der Waals surface area (Å²) in [6.07, 6.45) is 4.12. The molecule has 0 radical (unpaired) electrons. The molecule has 3 N–H and O–H groups in total. The molecule has 116 valence electrons. The predicted octanol–water partition coefficient (Wildman–Crippen LogP) is 2.91. The monoisotopic (exact) mass is 319 g/mol. The fourth-order valence-corrected chi connectivity index (χ4v) is 3.06. The number of halogens is 1. The maximum Gasteiger partial charge on any atom is 0.205 e. The molecular formula is C15H18FN5S. The zero-order valence-electron chi connectivity index (χ0n) is 12.1. The molecule has 2 aromatic rings. The van der Waals surface area contributed by atoms with E-state index in [1.165, 1.54) is 30.2 Å². The number of thiazole rings is 1. The Morgan fingerprint density at radius 1 is 1.41 bits per heavy atom. The van der Waals surface area contributed by atoms with Gasteiger partial charge in [0, 0.05) is 11.9 Å². The molecule has 0 atom stereocenters. The Kier molecular flexibility index (Phi) is 4.65. The maximum absolute atomic E-state index is 13.5. The van der Waals surface area contributed by atoms with E-state index in [2.05, 4.69) is 20.4 Å². The van der Waals surface area contributed by atoms with E-state index in [0.29, 0.717) is 10.9 Å². The van der Waals surface area contributed by atoms with Gasteiger partial charge in [-0.1, -0.05) is 6.07 Å². The first kappa shape index (κ1) is 14.9. The molecule has 0 spiro atoms. The van der Waals surface area contributed by atoms with Crippen LogP contribution in [0.25, 0.3) is 0 Å². The van der Waals surface area contributed by atoms with Crippen molar-refractivity contribution < 1.29 is 4.39 Å². The van der Waals surface area contributed by atoms with Crippen LogP contribution >= 0.6 is 11.3 Å². The van der Waals surface area contributed by atoms with Gasteiger partial charge < -0.3 is 5.73 Å². The van der Waals surface area contributed by atoms with Gasteiger partial charge in [0.15, 0.2) is 0 Å². The molecule has 1 aliphatic heterocycles. The minimum Gasteiger partial charge on any atom is -0.383 e. The highest BCUT2D eigenvalue weighted by Crippen LogP contribution is 2.18. The first-order valence-corrected chi connectivity index (χ1v) is 8.09. The van der Waals surface area contributed by atoms with E-state index in [4.69, 9.17) is 5.73 Å². The normalized spacial score (nSPS) is 15.7. The van der Waals surface area contributed by atoms with Gasteiger partial charge in [0.05, 0.1) is 6.21 Å². The van der Waals surface area contributed by atoms with Gasteiger partial charge in [0.1, 0.15) is 11.6 Å². The fourth-order valence-electron chi connectivity index (χ4n) is 2.51. The average molecular weight is 319 g/mol. The average Bonchev–Trinajstić information content (AvgIpc) is 3.13. The maximum atomic E-state index is 13.5. The molecule has 0 aliphatic carbocycles. The zero-order valence-corrected chi connectivity index (χ0v) is 12.9. The molecule has 1 aromatic carbocycles. The van der Waals surface area contributed by atoms with E-state index >= 15 is 0 Å². The molecule has 5 nitrogen and oxygen atoms in total. The second-order valence-corrected chi connectivity index (χ2v) is 6.13. The number of hydrogen-bond acceptors (Lipinski definition) is 6. The summed E-state index contributed by atoms with van der Waals surface area (Å²) in [4.78, 5) is 6.40. The van der Waals surface area contributed by atoms with Crippen molar-refractivity contribution in [3.05, 3.63) is 40.5 Å². The van der Waals surface area contributed by atoms with Gasteiger partial charge in [-0.2, -0.15) is 5.10 Å². The molecule has 22 heavy (non-hydrogen) atoms. The third kappa shape index (κ3) is 3.80. The van der Waals surface area contributed by atoms with Crippen LogP contribution in [-0.4, -0.2) is 29.2 Å². The lowest BCUT2D eigenvalue weighted by Crippen LogP contribution is -2.19. The van der Waals surface area contributed by atoms with Gasteiger partial charge >= 0.3 is 0 Å². The lowest BCUT2D eigenvalue weighted by molar-refractivity contribution is 0.330. The van der Waals surface area contributed by atoms with E-state index in [1.807, 2.05) is 0 Å². The molecule has 2 heterocycles. The largest absolute Gasteiger partial charge is 0.383 e. The highest BCUT2D eigenvalue weighted by atomic mass is 32.1. The lowest BCUT2D eigenvalue weighted by atomic mass is 10.1. The number of aromatic nitrogens is 1. The van der Waals surface area contributed by atoms with E-state index in [1.54, 1.807) is 23.7 Å². The van der Waals surface area contributed by atoms with Crippen molar-refractivity contribution in [3.63, 3.8) is 0 Å². The minimum atomic E-state index is -0.216. The van der Waals surface area contributed by atoms with Crippen LogP contribution in [0.4, 0.5) is 15.3 Å². The number of nitrogens with two attached hydrogens (primary N) is 1. The molecule has 1 aliphatic rings. The second kappa shape index (κ2) is 6.85. The number of hydrazone groups is 1. The standard InChI is InChI=1S/C15H18FN5S/c16-13-4-3-11(8-18-20-15-19-14(17)10-22-15)12(7-13)9-21-5-1-2-6-21/h3-4,7-8,10H,1-2,5-6,9,17H2,(H,19,20). The van der Waals surface area contributed by atoms with Crippen LogP contribution in [0.3, 0.4) is 0 Å². The number of anilines is 2. The molecule has 1 fully saturated rings. The summed E-state index contributed by atoms with van der Waals surface area (Å²) < 4.78 is 13.5.